The number of carbonyl (C=O) groups is 1. The highest BCUT2D eigenvalue weighted by atomic mass is 35.5. The highest BCUT2D eigenvalue weighted by Crippen LogP contribution is 2.54. The van der Waals surface area contributed by atoms with Crippen molar-refractivity contribution in [2.75, 3.05) is 44.9 Å². The number of rotatable bonds is 11. The van der Waals surface area contributed by atoms with Gasteiger partial charge in [-0.3, -0.25) is 9.69 Å². The average Bonchev–Trinajstić information content (AvgIpc) is 3.15. The standard InChI is InChI=1S/C25H33ClN2O4S/c1-17(2)16-27(11-12-29)10-5-13-32-23-9-7-20(31-4)15-21(23)25-28(18(3)30)22-8-6-19(26)14-24(22)33-25/h6-9,14-15,17,25,29H,5,10-13,16H2,1-4H3. The van der Waals surface area contributed by atoms with Gasteiger partial charge in [0.1, 0.15) is 16.9 Å². The van der Waals surface area contributed by atoms with E-state index in [9.17, 15) is 9.90 Å². The number of benzene rings is 2. The Hall–Kier alpha value is -1.93. The van der Waals surface area contributed by atoms with Crippen molar-refractivity contribution < 1.29 is 19.4 Å². The van der Waals surface area contributed by atoms with Crippen LogP contribution in [0.4, 0.5) is 5.69 Å². The predicted octanol–water partition coefficient (Wildman–Crippen LogP) is 5.23. The predicted molar refractivity (Wildman–Crippen MR) is 135 cm³/mol. The number of amides is 1. The fourth-order valence-corrected chi connectivity index (χ4v) is 5.66. The fraction of sp³-hybridized carbons (Fsp3) is 0.480. The lowest BCUT2D eigenvalue weighted by Gasteiger charge is -2.26. The van der Waals surface area contributed by atoms with Crippen LogP contribution in [0.2, 0.25) is 5.02 Å². The number of hydrogen-bond donors (Lipinski definition) is 1. The fourth-order valence-electron chi connectivity index (χ4n) is 4.02. The molecule has 0 fully saturated rings. The van der Waals surface area contributed by atoms with E-state index in [0.717, 1.165) is 41.4 Å². The normalized spacial score (nSPS) is 15.3. The Morgan fingerprint density at radius 1 is 1.24 bits per heavy atom. The molecule has 1 heterocycles. The maximum Gasteiger partial charge on any atom is 0.225 e. The lowest BCUT2D eigenvalue weighted by Crippen LogP contribution is -2.32. The lowest BCUT2D eigenvalue weighted by atomic mass is 10.1. The van der Waals surface area contributed by atoms with Gasteiger partial charge >= 0.3 is 0 Å². The third-order valence-corrected chi connectivity index (χ3v) is 6.90. The summed E-state index contributed by atoms with van der Waals surface area (Å²) in [6.07, 6.45) is 0.836. The molecule has 1 aliphatic heterocycles. The maximum absolute atomic E-state index is 12.6. The Bertz CT molecular complexity index is 956. The van der Waals surface area contributed by atoms with Gasteiger partial charge in [-0.2, -0.15) is 0 Å². The first-order chi connectivity index (χ1) is 15.8. The van der Waals surface area contributed by atoms with Crippen LogP contribution >= 0.6 is 23.4 Å². The topological polar surface area (TPSA) is 62.2 Å². The average molecular weight is 493 g/mol. The molecule has 8 heteroatoms. The highest BCUT2D eigenvalue weighted by Gasteiger charge is 2.36. The van der Waals surface area contributed by atoms with Crippen LogP contribution < -0.4 is 14.4 Å². The second-order valence-corrected chi connectivity index (χ2v) is 10.1. The van der Waals surface area contributed by atoms with Crippen molar-refractivity contribution in [3.05, 3.63) is 47.0 Å². The molecule has 1 atom stereocenters. The number of nitrogens with zero attached hydrogens (tertiary/aromatic N) is 2. The van der Waals surface area contributed by atoms with Crippen molar-refractivity contribution in [2.45, 2.75) is 37.5 Å². The van der Waals surface area contributed by atoms with Gasteiger partial charge < -0.3 is 19.5 Å². The van der Waals surface area contributed by atoms with E-state index in [1.54, 1.807) is 36.8 Å². The van der Waals surface area contributed by atoms with Crippen molar-refractivity contribution in [2.24, 2.45) is 5.92 Å². The minimum atomic E-state index is -0.270. The zero-order chi connectivity index (χ0) is 24.0. The molecule has 0 saturated carbocycles. The number of methoxy groups -OCH3 is 1. The SMILES string of the molecule is COc1ccc(OCCCN(CCO)CC(C)C)c(C2Sc3cc(Cl)ccc3N2C(C)=O)c1. The smallest absolute Gasteiger partial charge is 0.225 e. The summed E-state index contributed by atoms with van der Waals surface area (Å²) >= 11 is 7.79. The van der Waals surface area contributed by atoms with Crippen LogP contribution in [-0.4, -0.2) is 55.9 Å². The first-order valence-corrected chi connectivity index (χ1v) is 12.5. The molecule has 0 spiro atoms. The zero-order valence-electron chi connectivity index (χ0n) is 19.7. The number of carbonyl (C=O) groups excluding carboxylic acids is 1. The van der Waals surface area contributed by atoms with E-state index in [2.05, 4.69) is 18.7 Å². The molecule has 0 aromatic heterocycles. The van der Waals surface area contributed by atoms with Crippen molar-refractivity contribution in [1.82, 2.24) is 4.90 Å². The Kier molecular flexibility index (Phi) is 9.32. The first-order valence-electron chi connectivity index (χ1n) is 11.2. The van der Waals surface area contributed by atoms with Crippen LogP contribution in [0.5, 0.6) is 11.5 Å². The second-order valence-electron chi connectivity index (χ2n) is 8.50. The number of halogens is 1. The molecule has 6 nitrogen and oxygen atoms in total. The monoisotopic (exact) mass is 492 g/mol. The number of aliphatic hydroxyl groups excluding tert-OH is 1. The molecule has 1 N–H and O–H groups in total. The van der Waals surface area contributed by atoms with Crippen molar-refractivity contribution in [1.29, 1.82) is 0 Å². The van der Waals surface area contributed by atoms with Crippen LogP contribution in [0, 0.1) is 5.92 Å². The molecule has 1 unspecified atom stereocenters. The minimum Gasteiger partial charge on any atom is -0.497 e. The summed E-state index contributed by atoms with van der Waals surface area (Å²) in [5.41, 5.74) is 1.74. The molecule has 2 aromatic carbocycles. The Balaban J connectivity index is 1.78. The van der Waals surface area contributed by atoms with Crippen molar-refractivity contribution in [3.63, 3.8) is 0 Å². The summed E-state index contributed by atoms with van der Waals surface area (Å²) in [4.78, 5) is 17.6. The lowest BCUT2D eigenvalue weighted by molar-refractivity contribution is -0.116. The Morgan fingerprint density at radius 2 is 2.03 bits per heavy atom. The Morgan fingerprint density at radius 3 is 2.70 bits per heavy atom. The van der Waals surface area contributed by atoms with Crippen LogP contribution in [0.25, 0.3) is 0 Å². The number of anilines is 1. The summed E-state index contributed by atoms with van der Waals surface area (Å²) in [5, 5.41) is 9.69. The summed E-state index contributed by atoms with van der Waals surface area (Å²) in [5.74, 6) is 1.94. The van der Waals surface area contributed by atoms with E-state index >= 15 is 0 Å². The molecule has 0 aliphatic carbocycles. The van der Waals surface area contributed by atoms with Gasteiger partial charge in [-0.05, 0) is 48.7 Å². The number of ether oxygens (including phenoxy) is 2. The van der Waals surface area contributed by atoms with Crippen LogP contribution in [-0.2, 0) is 4.79 Å². The van der Waals surface area contributed by atoms with Gasteiger partial charge in [0.2, 0.25) is 5.91 Å². The molecule has 0 radical (unpaired) electrons. The molecule has 2 aromatic rings. The maximum atomic E-state index is 12.6. The zero-order valence-corrected chi connectivity index (χ0v) is 21.3. The minimum absolute atomic E-state index is 0.0457. The van der Waals surface area contributed by atoms with Gasteiger partial charge in [0.25, 0.3) is 0 Å². The van der Waals surface area contributed by atoms with Gasteiger partial charge in [0, 0.05) is 42.0 Å². The first kappa shape index (κ1) is 25.7. The molecule has 1 aliphatic rings. The molecular weight excluding hydrogens is 460 g/mol. The third kappa shape index (κ3) is 6.57. The molecule has 0 saturated heterocycles. The molecule has 33 heavy (non-hydrogen) atoms. The molecule has 1 amide bonds. The van der Waals surface area contributed by atoms with Crippen molar-refractivity contribution >= 4 is 35.0 Å². The molecule has 0 bridgehead atoms. The summed E-state index contributed by atoms with van der Waals surface area (Å²) in [6.45, 7) is 9.08. The van der Waals surface area contributed by atoms with Gasteiger partial charge in [-0.25, -0.2) is 0 Å². The number of hydrogen-bond acceptors (Lipinski definition) is 6. The van der Waals surface area contributed by atoms with Gasteiger partial charge in [-0.15, -0.1) is 0 Å². The molecular formula is C25H33ClN2O4S. The van der Waals surface area contributed by atoms with E-state index < -0.39 is 0 Å². The quantitative estimate of drug-likeness (QED) is 0.433. The third-order valence-electron chi connectivity index (χ3n) is 5.39. The van der Waals surface area contributed by atoms with Crippen LogP contribution in [0.15, 0.2) is 41.3 Å². The number of aliphatic hydroxyl groups is 1. The van der Waals surface area contributed by atoms with E-state index in [0.29, 0.717) is 29.8 Å². The summed E-state index contributed by atoms with van der Waals surface area (Å²) in [7, 11) is 1.63. The number of fused-ring (bicyclic) bond motifs is 1. The second kappa shape index (κ2) is 12.0. The van der Waals surface area contributed by atoms with Gasteiger partial charge in [-0.1, -0.05) is 37.2 Å². The van der Waals surface area contributed by atoms with Crippen molar-refractivity contribution in [3.8, 4) is 11.5 Å². The van der Waals surface area contributed by atoms with E-state index in [1.807, 2.05) is 30.3 Å². The van der Waals surface area contributed by atoms with E-state index in [4.69, 9.17) is 21.1 Å². The van der Waals surface area contributed by atoms with Crippen LogP contribution in [0.1, 0.15) is 38.1 Å². The summed E-state index contributed by atoms with van der Waals surface area (Å²) in [6, 6.07) is 11.3. The Labute approximate surface area is 205 Å². The van der Waals surface area contributed by atoms with Crippen LogP contribution in [0.3, 0.4) is 0 Å². The molecule has 3 rings (SSSR count). The van der Waals surface area contributed by atoms with Gasteiger partial charge in [0.15, 0.2) is 0 Å². The summed E-state index contributed by atoms with van der Waals surface area (Å²) < 4.78 is 11.7. The number of thioether (sulfide) groups is 1. The van der Waals surface area contributed by atoms with E-state index in [1.165, 1.54) is 0 Å². The van der Waals surface area contributed by atoms with E-state index in [-0.39, 0.29) is 17.9 Å². The van der Waals surface area contributed by atoms with Gasteiger partial charge in [0.05, 0.1) is 26.0 Å². The highest BCUT2D eigenvalue weighted by molar-refractivity contribution is 8.00. The molecule has 180 valence electrons. The largest absolute Gasteiger partial charge is 0.497 e.